The Hall–Kier alpha value is -7.62. The highest BCUT2D eigenvalue weighted by Crippen LogP contribution is 2.29. The minimum Gasteiger partial charge on any atom is -0.390 e. The van der Waals surface area contributed by atoms with Gasteiger partial charge >= 0.3 is 0 Å². The van der Waals surface area contributed by atoms with Crippen molar-refractivity contribution in [3.05, 3.63) is 213 Å². The molecule has 0 bridgehead atoms. The Morgan fingerprint density at radius 1 is 0.432 bits per heavy atom. The van der Waals surface area contributed by atoms with Crippen LogP contribution >= 0.6 is 0 Å². The molecule has 0 saturated carbocycles. The topological polar surface area (TPSA) is 180 Å². The number of rotatable bonds is 20. The van der Waals surface area contributed by atoms with Crippen LogP contribution in [0.2, 0.25) is 0 Å². The van der Waals surface area contributed by atoms with E-state index in [2.05, 4.69) is 20.4 Å². The van der Waals surface area contributed by atoms with Gasteiger partial charge in [-0.15, -0.1) is 0 Å². The first kappa shape index (κ1) is 51.3. The lowest BCUT2D eigenvalue weighted by Crippen LogP contribution is -2.59. The summed E-state index contributed by atoms with van der Waals surface area (Å²) in [4.78, 5) is 91.2. The molecule has 3 aliphatic rings. The van der Waals surface area contributed by atoms with Crippen molar-refractivity contribution < 1.29 is 39.0 Å². The average Bonchev–Trinajstić information content (AvgIpc) is 3.80. The maximum Gasteiger partial charge on any atom is 0.262 e. The Morgan fingerprint density at radius 3 is 1.05 bits per heavy atom. The Labute approximate surface area is 431 Å². The normalized spacial score (nSPS) is 17.3. The van der Waals surface area contributed by atoms with Gasteiger partial charge in [0.25, 0.3) is 23.6 Å². The van der Waals surface area contributed by atoms with E-state index in [0.717, 1.165) is 43.2 Å². The lowest BCUT2D eigenvalue weighted by Gasteiger charge is -2.39. The van der Waals surface area contributed by atoms with Gasteiger partial charge in [0.1, 0.15) is 12.1 Å². The quantitative estimate of drug-likeness (QED) is 0.0743. The number of aliphatic hydroxyl groups excluding tert-OH is 2. The van der Waals surface area contributed by atoms with Crippen molar-refractivity contribution >= 4 is 35.4 Å². The molecule has 380 valence electrons. The number of carbonyl (C=O) groups is 6. The van der Waals surface area contributed by atoms with Crippen LogP contribution in [0.15, 0.2) is 158 Å². The molecule has 14 heteroatoms. The summed E-state index contributed by atoms with van der Waals surface area (Å²) in [5.41, 5.74) is 5.94. The largest absolute Gasteiger partial charge is 0.390 e. The van der Waals surface area contributed by atoms with Crippen molar-refractivity contribution in [1.82, 2.24) is 30.2 Å². The number of benzene rings is 6. The predicted molar refractivity (Wildman–Crippen MR) is 280 cm³/mol. The van der Waals surface area contributed by atoms with Gasteiger partial charge in [0.05, 0.1) is 46.5 Å². The van der Waals surface area contributed by atoms with Crippen LogP contribution in [-0.4, -0.2) is 141 Å². The van der Waals surface area contributed by atoms with E-state index in [1.54, 1.807) is 36.4 Å². The first-order chi connectivity index (χ1) is 35.8. The fourth-order valence-electron chi connectivity index (χ4n) is 10.4. The number of fused-ring (bicyclic) bond motifs is 2. The third-order valence-electron chi connectivity index (χ3n) is 14.5. The van der Waals surface area contributed by atoms with Crippen molar-refractivity contribution in [3.8, 4) is 0 Å². The number of hydrogen-bond acceptors (Lipinski definition) is 10. The standard InChI is InChI=1S/C60H62N6O8/c1-39-23-25-45-47(31-39)59(73)65(57(45)71)51(35-43-19-11-5-12-20-43)55(69)61-49(33-41-15-7-3-8-16-41)53(67)37-63-27-29-64(30-28-63)38-54(68)50(34-42-17-9-4-10-18-42)62-56(70)52(36-44-21-13-6-14-22-44)66-58(72)46-26-24-40(2)32-48(46)60(66)74/h3-26,31-32,49-54,67-68H,27-30,33-38H2,1-2H3,(H,61,69)(H,62,70)/t49-,50-,51+,52+,53-,54-/m0/s1. The number of nitrogens with one attached hydrogen (secondary N) is 2. The Kier molecular flexibility index (Phi) is 16.0. The molecule has 3 heterocycles. The maximum absolute atomic E-state index is 14.6. The van der Waals surface area contributed by atoms with Gasteiger partial charge in [-0.05, 0) is 73.2 Å². The van der Waals surface area contributed by atoms with Crippen molar-refractivity contribution in [2.45, 2.75) is 75.9 Å². The number of hydrogen-bond donors (Lipinski definition) is 4. The first-order valence-corrected chi connectivity index (χ1v) is 25.4. The van der Waals surface area contributed by atoms with Gasteiger partial charge in [-0.25, -0.2) is 0 Å². The molecular weight excluding hydrogens is 933 g/mol. The minimum absolute atomic E-state index is 0.0789. The van der Waals surface area contributed by atoms with E-state index in [1.807, 2.05) is 135 Å². The molecule has 0 radical (unpaired) electrons. The molecule has 0 aliphatic carbocycles. The van der Waals surface area contributed by atoms with Crippen molar-refractivity contribution in [2.75, 3.05) is 39.3 Å². The van der Waals surface area contributed by atoms with Crippen LogP contribution in [0.1, 0.15) is 74.8 Å². The zero-order valence-corrected chi connectivity index (χ0v) is 41.7. The highest BCUT2D eigenvalue weighted by molar-refractivity contribution is 6.24. The number of aliphatic hydroxyl groups is 2. The summed E-state index contributed by atoms with van der Waals surface area (Å²) in [6, 6.07) is 43.7. The Bertz CT molecular complexity index is 2780. The van der Waals surface area contributed by atoms with E-state index in [0.29, 0.717) is 26.2 Å². The monoisotopic (exact) mass is 994 g/mol. The molecular formula is C60H62N6O8. The summed E-state index contributed by atoms with van der Waals surface area (Å²) >= 11 is 0. The number of imide groups is 2. The molecule has 6 atom stereocenters. The summed E-state index contributed by atoms with van der Waals surface area (Å²) in [5.74, 6) is -3.26. The smallest absolute Gasteiger partial charge is 0.262 e. The maximum atomic E-state index is 14.6. The zero-order valence-electron chi connectivity index (χ0n) is 41.7. The number of β-amino-alcohol motifs (C(OH)–C–C–N with tert-alkyl or cyclic N) is 2. The van der Waals surface area contributed by atoms with Crippen molar-refractivity contribution in [2.24, 2.45) is 0 Å². The van der Waals surface area contributed by atoms with Crippen molar-refractivity contribution in [3.63, 3.8) is 0 Å². The van der Waals surface area contributed by atoms with E-state index < -0.39 is 71.8 Å². The predicted octanol–water partition coefficient (Wildman–Crippen LogP) is 5.21. The molecule has 0 spiro atoms. The van der Waals surface area contributed by atoms with Crippen LogP contribution in [0.25, 0.3) is 0 Å². The van der Waals surface area contributed by atoms with E-state index >= 15 is 0 Å². The number of aryl methyl sites for hydroxylation is 2. The Morgan fingerprint density at radius 2 is 0.730 bits per heavy atom. The lowest BCUT2D eigenvalue weighted by atomic mass is 9.98. The summed E-state index contributed by atoms with van der Waals surface area (Å²) in [6.45, 7) is 6.18. The van der Waals surface area contributed by atoms with Crippen LogP contribution in [0.4, 0.5) is 0 Å². The molecule has 6 amide bonds. The van der Waals surface area contributed by atoms with Crippen LogP contribution in [0, 0.1) is 13.8 Å². The van der Waals surface area contributed by atoms with E-state index in [1.165, 1.54) is 0 Å². The molecule has 0 unspecified atom stereocenters. The number of nitrogens with zero attached hydrogens (tertiary/aromatic N) is 4. The molecule has 9 rings (SSSR count). The third kappa shape index (κ3) is 11.7. The molecule has 3 aliphatic heterocycles. The zero-order chi connectivity index (χ0) is 51.9. The minimum atomic E-state index is -1.19. The van der Waals surface area contributed by atoms with Gasteiger partial charge in [-0.3, -0.25) is 48.4 Å². The number of piperazine rings is 1. The molecule has 4 N–H and O–H groups in total. The fraction of sp³-hybridized carbons (Fsp3) is 0.300. The van der Waals surface area contributed by atoms with E-state index in [-0.39, 0.29) is 61.0 Å². The highest BCUT2D eigenvalue weighted by atomic mass is 16.3. The summed E-state index contributed by atoms with van der Waals surface area (Å²) < 4.78 is 0. The fourth-order valence-corrected chi connectivity index (χ4v) is 10.4. The second-order valence-electron chi connectivity index (χ2n) is 19.8. The van der Waals surface area contributed by atoms with Crippen LogP contribution in [0.3, 0.4) is 0 Å². The SMILES string of the molecule is Cc1ccc2c(c1)C(=O)N([C@H](Cc1ccccc1)C(=O)N[C@@H](Cc1ccccc1)[C@@H](O)CN1CCN(C[C@H](O)[C@H](Cc3ccccc3)NC(=O)[C@@H](Cc3ccccc3)N3C(=O)c4ccc(C)cc4C3=O)CC1)C2=O. The molecule has 1 saturated heterocycles. The van der Waals surface area contributed by atoms with Gasteiger partial charge in [0, 0.05) is 52.1 Å². The number of amides is 6. The average molecular weight is 995 g/mol. The molecule has 1 fully saturated rings. The second kappa shape index (κ2) is 23.1. The first-order valence-electron chi connectivity index (χ1n) is 25.4. The highest BCUT2D eigenvalue weighted by Gasteiger charge is 2.45. The summed E-state index contributed by atoms with van der Waals surface area (Å²) in [6.07, 6.45) is -1.39. The summed E-state index contributed by atoms with van der Waals surface area (Å²) in [5, 5.41) is 30.3. The second-order valence-corrected chi connectivity index (χ2v) is 19.8. The van der Waals surface area contributed by atoms with E-state index in [4.69, 9.17) is 0 Å². The summed E-state index contributed by atoms with van der Waals surface area (Å²) in [7, 11) is 0. The molecule has 0 aromatic heterocycles. The lowest BCUT2D eigenvalue weighted by molar-refractivity contribution is -0.127. The van der Waals surface area contributed by atoms with E-state index in [9.17, 15) is 39.0 Å². The molecule has 74 heavy (non-hydrogen) atoms. The molecule has 6 aromatic carbocycles. The van der Waals surface area contributed by atoms with Gasteiger partial charge in [0.2, 0.25) is 11.8 Å². The van der Waals surface area contributed by atoms with Crippen molar-refractivity contribution in [1.29, 1.82) is 0 Å². The van der Waals surface area contributed by atoms with Gasteiger partial charge in [-0.2, -0.15) is 0 Å². The Balaban J connectivity index is 0.878. The third-order valence-corrected chi connectivity index (χ3v) is 14.5. The van der Waals surface area contributed by atoms with Gasteiger partial charge in [0.15, 0.2) is 0 Å². The van der Waals surface area contributed by atoms with Gasteiger partial charge in [-0.1, -0.05) is 145 Å². The van der Waals surface area contributed by atoms with Crippen LogP contribution < -0.4 is 10.6 Å². The molecule has 6 aromatic rings. The molecule has 14 nitrogen and oxygen atoms in total. The van der Waals surface area contributed by atoms with Gasteiger partial charge < -0.3 is 20.8 Å². The number of carbonyl (C=O) groups excluding carboxylic acids is 6. The van der Waals surface area contributed by atoms with Crippen LogP contribution in [-0.2, 0) is 35.3 Å². The van der Waals surface area contributed by atoms with Crippen LogP contribution in [0.5, 0.6) is 0 Å².